The number of nitrogens with one attached hydrogen (secondary N) is 2. The summed E-state index contributed by atoms with van der Waals surface area (Å²) in [5.74, 6) is -0.128. The lowest BCUT2D eigenvalue weighted by molar-refractivity contribution is -0.121. The van der Waals surface area contributed by atoms with Gasteiger partial charge >= 0.3 is 0 Å². The Morgan fingerprint density at radius 1 is 1.00 bits per heavy atom. The van der Waals surface area contributed by atoms with Gasteiger partial charge in [0.05, 0.1) is 12.0 Å². The molecule has 2 N–H and O–H groups in total. The molecule has 0 radical (unpaired) electrons. The maximum Gasteiger partial charge on any atom is 0.258 e. The Morgan fingerprint density at radius 2 is 1.83 bits per heavy atom. The van der Waals surface area contributed by atoms with Crippen LogP contribution in [0.2, 0.25) is 0 Å². The molecule has 122 valence electrons. The van der Waals surface area contributed by atoms with E-state index in [0.717, 1.165) is 24.1 Å². The molecule has 1 amide bonds. The predicted octanol–water partition coefficient (Wildman–Crippen LogP) is 2.21. The second-order valence-electron chi connectivity index (χ2n) is 5.42. The fourth-order valence-electron chi connectivity index (χ4n) is 2.41. The summed E-state index contributed by atoms with van der Waals surface area (Å²) in [6.07, 6.45) is 10.4. The highest BCUT2D eigenvalue weighted by molar-refractivity contribution is 5.77. The van der Waals surface area contributed by atoms with E-state index in [9.17, 15) is 4.79 Å². The number of anilines is 1. The zero-order chi connectivity index (χ0) is 16.6. The van der Waals surface area contributed by atoms with Gasteiger partial charge in [0.15, 0.2) is 0 Å². The van der Waals surface area contributed by atoms with E-state index in [4.69, 9.17) is 0 Å². The Kier molecular flexibility index (Phi) is 5.19. The van der Waals surface area contributed by atoms with Crippen LogP contribution in [-0.4, -0.2) is 20.4 Å². The fourth-order valence-corrected chi connectivity index (χ4v) is 2.41. The van der Waals surface area contributed by atoms with E-state index in [0.29, 0.717) is 0 Å². The summed E-state index contributed by atoms with van der Waals surface area (Å²) in [6, 6.07) is 12.0. The first kappa shape index (κ1) is 15.7. The number of hydrogen-bond donors (Lipinski definition) is 2. The second kappa shape index (κ2) is 7.92. The highest BCUT2D eigenvalue weighted by Crippen LogP contribution is 2.16. The number of carbonyl (C=O) groups excluding carboxylic acids is 1. The normalized spacial score (nSPS) is 10.3. The molecule has 0 aliphatic carbocycles. The van der Waals surface area contributed by atoms with Crippen molar-refractivity contribution in [2.45, 2.75) is 19.4 Å². The van der Waals surface area contributed by atoms with Crippen LogP contribution in [0.4, 0.5) is 5.69 Å². The molecule has 0 aliphatic heterocycles. The number of para-hydroxylation sites is 1. The molecule has 0 bridgehead atoms. The lowest BCUT2D eigenvalue weighted by Gasteiger charge is -2.13. The molecule has 0 aliphatic rings. The number of benzene rings is 1. The van der Waals surface area contributed by atoms with Crippen LogP contribution in [0.5, 0.6) is 0 Å². The molecule has 6 heteroatoms. The van der Waals surface area contributed by atoms with Crippen molar-refractivity contribution in [2.24, 2.45) is 0 Å². The summed E-state index contributed by atoms with van der Waals surface area (Å²) < 4.78 is 1.71. The molecule has 0 saturated heterocycles. The summed E-state index contributed by atoms with van der Waals surface area (Å²) in [7, 11) is 0. The number of aromatic nitrogens is 3. The van der Waals surface area contributed by atoms with Crippen molar-refractivity contribution in [1.29, 1.82) is 0 Å². The quantitative estimate of drug-likeness (QED) is 0.655. The van der Waals surface area contributed by atoms with Gasteiger partial charge in [-0.15, -0.1) is 0 Å². The predicted molar refractivity (Wildman–Crippen MR) is 92.1 cm³/mol. The molecule has 0 saturated carbocycles. The van der Waals surface area contributed by atoms with E-state index < -0.39 is 0 Å². The molecule has 0 atom stereocenters. The van der Waals surface area contributed by atoms with Gasteiger partial charge < -0.3 is 4.57 Å². The van der Waals surface area contributed by atoms with Crippen LogP contribution in [0, 0.1) is 0 Å². The maximum atomic E-state index is 11.9. The van der Waals surface area contributed by atoms with Gasteiger partial charge in [0.1, 0.15) is 6.54 Å². The van der Waals surface area contributed by atoms with Crippen LogP contribution < -0.4 is 10.9 Å². The highest BCUT2D eigenvalue weighted by atomic mass is 16.2. The summed E-state index contributed by atoms with van der Waals surface area (Å²) in [5, 5.41) is 0. The molecule has 0 spiro atoms. The Labute approximate surface area is 140 Å². The van der Waals surface area contributed by atoms with Gasteiger partial charge in [0, 0.05) is 24.8 Å². The van der Waals surface area contributed by atoms with Gasteiger partial charge in [-0.1, -0.05) is 18.2 Å². The van der Waals surface area contributed by atoms with Crippen LogP contribution in [0.15, 0.2) is 67.5 Å². The van der Waals surface area contributed by atoms with Crippen molar-refractivity contribution in [3.63, 3.8) is 0 Å². The first-order valence-electron chi connectivity index (χ1n) is 7.78. The number of hydrazine groups is 1. The minimum absolute atomic E-state index is 0.128. The Morgan fingerprint density at radius 3 is 2.62 bits per heavy atom. The Balaban J connectivity index is 1.56. The van der Waals surface area contributed by atoms with Gasteiger partial charge in [0.2, 0.25) is 0 Å². The molecule has 0 unspecified atom stereocenters. The minimum Gasteiger partial charge on any atom is -0.328 e. The molecule has 2 aromatic heterocycles. The molecule has 1 aromatic carbocycles. The van der Waals surface area contributed by atoms with Crippen LogP contribution in [0.25, 0.3) is 0 Å². The van der Waals surface area contributed by atoms with Gasteiger partial charge in [-0.25, -0.2) is 4.98 Å². The van der Waals surface area contributed by atoms with Crippen molar-refractivity contribution < 1.29 is 4.79 Å². The SMILES string of the molecule is O=C(Cn1ccnc1)NNc1ccccc1CCc1ccncc1. The molecule has 2 heterocycles. The van der Waals surface area contributed by atoms with Crippen LogP contribution >= 0.6 is 0 Å². The van der Waals surface area contributed by atoms with Gasteiger partial charge in [0.25, 0.3) is 5.91 Å². The number of pyridine rings is 1. The minimum atomic E-state index is -0.128. The summed E-state index contributed by atoms with van der Waals surface area (Å²) in [6.45, 7) is 0.228. The molecular weight excluding hydrogens is 302 g/mol. The van der Waals surface area contributed by atoms with Crippen molar-refractivity contribution in [3.05, 3.63) is 78.6 Å². The number of nitrogens with zero attached hydrogens (tertiary/aromatic N) is 3. The number of hydrogen-bond acceptors (Lipinski definition) is 4. The third-order valence-electron chi connectivity index (χ3n) is 3.67. The first-order chi connectivity index (χ1) is 11.8. The largest absolute Gasteiger partial charge is 0.328 e. The van der Waals surface area contributed by atoms with Crippen LogP contribution in [-0.2, 0) is 24.2 Å². The number of imidazole rings is 1. The fraction of sp³-hybridized carbons (Fsp3) is 0.167. The lowest BCUT2D eigenvalue weighted by atomic mass is 10.0. The highest BCUT2D eigenvalue weighted by Gasteiger charge is 2.05. The Bertz CT molecular complexity index is 771. The number of aryl methyl sites for hydroxylation is 2. The number of amides is 1. The summed E-state index contributed by atoms with van der Waals surface area (Å²) in [5.41, 5.74) is 9.04. The maximum absolute atomic E-state index is 11.9. The van der Waals surface area contributed by atoms with E-state index in [1.54, 1.807) is 35.7 Å². The zero-order valence-electron chi connectivity index (χ0n) is 13.2. The average molecular weight is 321 g/mol. The van der Waals surface area contributed by atoms with Crippen molar-refractivity contribution >= 4 is 11.6 Å². The van der Waals surface area contributed by atoms with Crippen LogP contribution in [0.1, 0.15) is 11.1 Å². The zero-order valence-corrected chi connectivity index (χ0v) is 13.2. The Hall–Kier alpha value is -3.15. The van der Waals surface area contributed by atoms with E-state index >= 15 is 0 Å². The number of rotatable bonds is 7. The first-order valence-corrected chi connectivity index (χ1v) is 7.78. The van der Waals surface area contributed by atoms with E-state index in [1.807, 2.05) is 30.3 Å². The standard InChI is InChI=1S/C18H19N5O/c24-18(13-23-12-11-20-14-23)22-21-17-4-2-1-3-16(17)6-5-15-7-9-19-10-8-15/h1-4,7-12,14,21H,5-6,13H2,(H,22,24). The second-order valence-corrected chi connectivity index (χ2v) is 5.42. The monoisotopic (exact) mass is 321 g/mol. The molecule has 3 aromatic rings. The van der Waals surface area contributed by atoms with Gasteiger partial charge in [-0.3, -0.25) is 20.6 Å². The smallest absolute Gasteiger partial charge is 0.258 e. The molecule has 24 heavy (non-hydrogen) atoms. The average Bonchev–Trinajstić information content (AvgIpc) is 3.13. The van der Waals surface area contributed by atoms with Crippen molar-refractivity contribution in [3.8, 4) is 0 Å². The third-order valence-corrected chi connectivity index (χ3v) is 3.67. The molecular formula is C18H19N5O. The topological polar surface area (TPSA) is 71.8 Å². The van der Waals surface area contributed by atoms with E-state index in [1.165, 1.54) is 5.56 Å². The van der Waals surface area contributed by atoms with E-state index in [-0.39, 0.29) is 12.5 Å². The van der Waals surface area contributed by atoms with Gasteiger partial charge in [-0.2, -0.15) is 0 Å². The van der Waals surface area contributed by atoms with Crippen LogP contribution in [0.3, 0.4) is 0 Å². The summed E-state index contributed by atoms with van der Waals surface area (Å²) in [4.78, 5) is 19.9. The van der Waals surface area contributed by atoms with Gasteiger partial charge in [-0.05, 0) is 42.2 Å². The third kappa shape index (κ3) is 4.42. The lowest BCUT2D eigenvalue weighted by Crippen LogP contribution is -2.32. The van der Waals surface area contributed by atoms with Crippen molar-refractivity contribution in [1.82, 2.24) is 20.0 Å². The summed E-state index contributed by atoms with van der Waals surface area (Å²) >= 11 is 0. The van der Waals surface area contributed by atoms with Crippen molar-refractivity contribution in [2.75, 3.05) is 5.43 Å². The molecule has 6 nitrogen and oxygen atoms in total. The molecule has 3 rings (SSSR count). The van der Waals surface area contributed by atoms with E-state index in [2.05, 4.69) is 26.9 Å². The molecule has 0 fully saturated rings. The number of carbonyl (C=O) groups is 1.